The van der Waals surface area contributed by atoms with Gasteiger partial charge in [0.05, 0.1) is 18.1 Å². The van der Waals surface area contributed by atoms with Crippen molar-refractivity contribution in [3.8, 4) is 0 Å². The van der Waals surface area contributed by atoms with Crippen LogP contribution < -0.4 is 0 Å². The lowest BCUT2D eigenvalue weighted by molar-refractivity contribution is -0.344. The Bertz CT molecular complexity index is 218. The molecule has 1 rings (SSSR count). The molecule has 2 atom stereocenters. The Morgan fingerprint density at radius 2 is 2.20 bits per heavy atom. The van der Waals surface area contributed by atoms with Crippen molar-refractivity contribution in [2.75, 3.05) is 12.2 Å². The van der Waals surface area contributed by atoms with Crippen LogP contribution in [-0.2, 0) is 9.47 Å². The molecule has 0 spiro atoms. The van der Waals surface area contributed by atoms with Gasteiger partial charge in [-0.2, -0.15) is 0 Å². The van der Waals surface area contributed by atoms with Gasteiger partial charge in [-0.25, -0.2) is 0 Å². The number of hydrogen-bond acceptors (Lipinski definition) is 3. The van der Waals surface area contributed by atoms with E-state index in [1.54, 1.807) is 12.2 Å². The van der Waals surface area contributed by atoms with Crippen LogP contribution >= 0.6 is 11.8 Å². The summed E-state index contributed by atoms with van der Waals surface area (Å²) in [5, 5.41) is 0. The fraction of sp³-hybridized carbons (Fsp3) is 0.778. The van der Waals surface area contributed by atoms with Crippen LogP contribution in [0.3, 0.4) is 0 Å². The van der Waals surface area contributed by atoms with Gasteiger partial charge in [0, 0.05) is 6.42 Å². The standard InChI is InChI=1S/C9H13F3O2S/c1-15-6-13-7-3-2-4-8(5-7)14-9(10,11)12/h2-3,7-8H,4-6H2,1H3. The van der Waals surface area contributed by atoms with E-state index in [0.717, 1.165) is 0 Å². The molecule has 0 aromatic carbocycles. The first-order valence-electron chi connectivity index (χ1n) is 4.53. The van der Waals surface area contributed by atoms with Crippen LogP contribution in [0.1, 0.15) is 12.8 Å². The molecule has 0 saturated carbocycles. The Hall–Kier alpha value is -0.200. The van der Waals surface area contributed by atoms with Crippen LogP contribution in [0.15, 0.2) is 12.2 Å². The van der Waals surface area contributed by atoms with E-state index < -0.39 is 12.5 Å². The molecule has 1 aliphatic carbocycles. The highest BCUT2D eigenvalue weighted by Crippen LogP contribution is 2.26. The monoisotopic (exact) mass is 242 g/mol. The zero-order valence-electron chi connectivity index (χ0n) is 8.29. The van der Waals surface area contributed by atoms with Crippen molar-refractivity contribution in [2.24, 2.45) is 0 Å². The molecule has 2 unspecified atom stereocenters. The largest absolute Gasteiger partial charge is 0.522 e. The topological polar surface area (TPSA) is 18.5 Å². The van der Waals surface area contributed by atoms with Crippen LogP contribution in [0.4, 0.5) is 13.2 Å². The van der Waals surface area contributed by atoms with Gasteiger partial charge in [0.25, 0.3) is 0 Å². The van der Waals surface area contributed by atoms with Gasteiger partial charge in [-0.3, -0.25) is 4.74 Å². The van der Waals surface area contributed by atoms with E-state index in [2.05, 4.69) is 4.74 Å². The van der Waals surface area contributed by atoms with Gasteiger partial charge >= 0.3 is 6.36 Å². The minimum absolute atomic E-state index is 0.260. The molecule has 0 fully saturated rings. The molecule has 0 aromatic heterocycles. The predicted octanol–water partition coefficient (Wildman–Crippen LogP) is 2.95. The van der Waals surface area contributed by atoms with Crippen LogP contribution in [-0.4, -0.2) is 30.8 Å². The molecule has 0 aliphatic heterocycles. The van der Waals surface area contributed by atoms with Crippen LogP contribution in [0.25, 0.3) is 0 Å². The molecule has 0 amide bonds. The van der Waals surface area contributed by atoms with Gasteiger partial charge in [-0.1, -0.05) is 12.2 Å². The zero-order chi connectivity index (χ0) is 11.3. The van der Waals surface area contributed by atoms with Crippen molar-refractivity contribution < 1.29 is 22.6 Å². The van der Waals surface area contributed by atoms with E-state index in [1.165, 1.54) is 11.8 Å². The molecule has 6 heteroatoms. The molecule has 0 N–H and O–H groups in total. The van der Waals surface area contributed by atoms with Crippen molar-refractivity contribution in [1.29, 1.82) is 0 Å². The highest BCUT2D eigenvalue weighted by atomic mass is 32.2. The predicted molar refractivity (Wildman–Crippen MR) is 52.6 cm³/mol. The first kappa shape index (κ1) is 12.9. The summed E-state index contributed by atoms with van der Waals surface area (Å²) in [6.07, 6.45) is 0.239. The molecule has 0 radical (unpaired) electrons. The fourth-order valence-electron chi connectivity index (χ4n) is 1.38. The van der Waals surface area contributed by atoms with Crippen molar-refractivity contribution in [3.63, 3.8) is 0 Å². The van der Waals surface area contributed by atoms with Gasteiger partial charge in [-0.05, 0) is 12.7 Å². The third-order valence-electron chi connectivity index (χ3n) is 1.95. The van der Waals surface area contributed by atoms with E-state index in [0.29, 0.717) is 12.4 Å². The second-order valence-corrected chi connectivity index (χ2v) is 4.01. The number of thioether (sulfide) groups is 1. The van der Waals surface area contributed by atoms with E-state index in [-0.39, 0.29) is 12.5 Å². The number of ether oxygens (including phenoxy) is 2. The lowest BCUT2D eigenvalue weighted by Crippen LogP contribution is -2.30. The maximum Gasteiger partial charge on any atom is 0.522 e. The molecule has 88 valence electrons. The molecule has 0 aromatic rings. The molecular weight excluding hydrogens is 229 g/mol. The molecular formula is C9H13F3O2S. The highest BCUT2D eigenvalue weighted by Gasteiger charge is 2.34. The lowest BCUT2D eigenvalue weighted by Gasteiger charge is -2.25. The summed E-state index contributed by atoms with van der Waals surface area (Å²) in [5.74, 6) is 0.480. The summed E-state index contributed by atoms with van der Waals surface area (Å²) >= 11 is 1.49. The fourth-order valence-corrected chi connectivity index (χ4v) is 1.69. The van der Waals surface area contributed by atoms with Gasteiger partial charge in [-0.15, -0.1) is 24.9 Å². The minimum atomic E-state index is -4.56. The maximum atomic E-state index is 11.9. The van der Waals surface area contributed by atoms with Gasteiger partial charge in [0.1, 0.15) is 0 Å². The zero-order valence-corrected chi connectivity index (χ0v) is 9.11. The first-order valence-corrected chi connectivity index (χ1v) is 5.92. The summed E-state index contributed by atoms with van der Waals surface area (Å²) in [6.45, 7) is 0. The molecule has 0 bridgehead atoms. The SMILES string of the molecule is CSCOC1C=CCC(OC(F)(F)F)C1. The summed E-state index contributed by atoms with van der Waals surface area (Å²) in [7, 11) is 0. The second kappa shape index (κ2) is 5.77. The second-order valence-electron chi connectivity index (χ2n) is 3.20. The van der Waals surface area contributed by atoms with Crippen LogP contribution in [0.5, 0.6) is 0 Å². The number of hydrogen-bond donors (Lipinski definition) is 0. The average molecular weight is 242 g/mol. The summed E-state index contributed by atoms with van der Waals surface area (Å²) in [6, 6.07) is 0. The molecule has 1 aliphatic rings. The van der Waals surface area contributed by atoms with Crippen molar-refractivity contribution >= 4 is 11.8 Å². The molecule has 0 saturated heterocycles. The number of halogens is 3. The lowest BCUT2D eigenvalue weighted by atomic mass is 10.0. The Labute approximate surface area is 90.8 Å². The summed E-state index contributed by atoms with van der Waals surface area (Å²) in [5.41, 5.74) is 0. The smallest absolute Gasteiger partial charge is 0.363 e. The molecule has 0 heterocycles. The highest BCUT2D eigenvalue weighted by molar-refractivity contribution is 7.98. The number of alkyl halides is 3. The minimum Gasteiger partial charge on any atom is -0.363 e. The van der Waals surface area contributed by atoms with Gasteiger partial charge in [0.2, 0.25) is 0 Å². The van der Waals surface area contributed by atoms with E-state index in [4.69, 9.17) is 4.74 Å². The first-order chi connectivity index (χ1) is 7.01. The third kappa shape index (κ3) is 5.44. The van der Waals surface area contributed by atoms with Gasteiger partial charge < -0.3 is 4.74 Å². The normalized spacial score (nSPS) is 26.9. The molecule has 15 heavy (non-hydrogen) atoms. The maximum absolute atomic E-state index is 11.9. The van der Waals surface area contributed by atoms with Gasteiger partial charge in [0.15, 0.2) is 0 Å². The summed E-state index contributed by atoms with van der Waals surface area (Å²) < 4.78 is 45.0. The third-order valence-corrected chi connectivity index (χ3v) is 2.32. The Morgan fingerprint density at radius 3 is 2.80 bits per heavy atom. The van der Waals surface area contributed by atoms with Crippen molar-refractivity contribution in [3.05, 3.63) is 12.2 Å². The van der Waals surface area contributed by atoms with Crippen molar-refractivity contribution in [1.82, 2.24) is 0 Å². The quantitative estimate of drug-likeness (QED) is 0.558. The van der Waals surface area contributed by atoms with Crippen molar-refractivity contribution in [2.45, 2.75) is 31.4 Å². The number of rotatable bonds is 4. The Morgan fingerprint density at radius 1 is 1.47 bits per heavy atom. The summed E-state index contributed by atoms with van der Waals surface area (Å²) in [4.78, 5) is 0. The van der Waals surface area contributed by atoms with E-state index in [9.17, 15) is 13.2 Å². The van der Waals surface area contributed by atoms with E-state index in [1.807, 2.05) is 6.26 Å². The Balaban J connectivity index is 2.35. The Kier molecular flexibility index (Phi) is 4.95. The average Bonchev–Trinajstić information content (AvgIpc) is 2.12. The van der Waals surface area contributed by atoms with E-state index >= 15 is 0 Å². The van der Waals surface area contributed by atoms with Crippen LogP contribution in [0, 0.1) is 0 Å². The molecule has 2 nitrogen and oxygen atoms in total. The van der Waals surface area contributed by atoms with Crippen LogP contribution in [0.2, 0.25) is 0 Å².